The molecule has 1 aromatic carbocycles. The fourth-order valence-electron chi connectivity index (χ4n) is 1.58. The molecule has 0 aliphatic rings. The lowest BCUT2D eigenvalue weighted by Crippen LogP contribution is -2.40. The Morgan fingerprint density at radius 1 is 1.45 bits per heavy atom. The van der Waals surface area contributed by atoms with Crippen molar-refractivity contribution >= 4 is 23.5 Å². The summed E-state index contributed by atoms with van der Waals surface area (Å²) in [6, 6.07) is 7.82. The SMILES string of the molecule is CCOc1ccccc1/C=N\NC(=S)N[C@@H](C)COC. The van der Waals surface area contributed by atoms with Crippen LogP contribution >= 0.6 is 12.2 Å². The van der Waals surface area contributed by atoms with Gasteiger partial charge in [0, 0.05) is 18.7 Å². The fourth-order valence-corrected chi connectivity index (χ4v) is 1.84. The highest BCUT2D eigenvalue weighted by molar-refractivity contribution is 7.80. The van der Waals surface area contributed by atoms with Crippen LogP contribution in [0.4, 0.5) is 0 Å². The van der Waals surface area contributed by atoms with Crippen LogP contribution in [-0.2, 0) is 4.74 Å². The van der Waals surface area contributed by atoms with Crippen molar-refractivity contribution in [2.24, 2.45) is 5.10 Å². The Bertz CT molecular complexity index is 452. The molecule has 2 N–H and O–H groups in total. The van der Waals surface area contributed by atoms with Gasteiger partial charge in [0.05, 0.1) is 19.4 Å². The van der Waals surface area contributed by atoms with Crippen LogP contribution in [0.15, 0.2) is 29.4 Å². The van der Waals surface area contributed by atoms with E-state index in [0.717, 1.165) is 11.3 Å². The number of benzene rings is 1. The maximum atomic E-state index is 5.51. The zero-order chi connectivity index (χ0) is 14.8. The maximum Gasteiger partial charge on any atom is 0.187 e. The summed E-state index contributed by atoms with van der Waals surface area (Å²) in [5, 5.41) is 7.61. The van der Waals surface area contributed by atoms with E-state index in [0.29, 0.717) is 18.3 Å². The molecule has 0 fully saturated rings. The van der Waals surface area contributed by atoms with Crippen molar-refractivity contribution in [3.05, 3.63) is 29.8 Å². The van der Waals surface area contributed by atoms with Gasteiger partial charge in [-0.15, -0.1) is 0 Å². The Morgan fingerprint density at radius 3 is 2.90 bits per heavy atom. The molecular weight excluding hydrogens is 274 g/mol. The third-order valence-electron chi connectivity index (χ3n) is 2.38. The lowest BCUT2D eigenvalue weighted by atomic mass is 10.2. The molecule has 0 heterocycles. The summed E-state index contributed by atoms with van der Waals surface area (Å²) >= 11 is 5.12. The summed E-state index contributed by atoms with van der Waals surface area (Å²) in [5.74, 6) is 0.798. The lowest BCUT2D eigenvalue weighted by molar-refractivity contribution is 0.179. The quantitative estimate of drug-likeness (QED) is 0.457. The highest BCUT2D eigenvalue weighted by Crippen LogP contribution is 2.15. The number of rotatable bonds is 7. The summed E-state index contributed by atoms with van der Waals surface area (Å²) in [6.45, 7) is 5.12. The Hall–Kier alpha value is -1.66. The van der Waals surface area contributed by atoms with E-state index in [1.165, 1.54) is 0 Å². The zero-order valence-electron chi connectivity index (χ0n) is 12.1. The summed E-state index contributed by atoms with van der Waals surface area (Å²) in [5.41, 5.74) is 3.67. The van der Waals surface area contributed by atoms with Crippen molar-refractivity contribution < 1.29 is 9.47 Å². The Balaban J connectivity index is 2.50. The number of hydrogen-bond acceptors (Lipinski definition) is 4. The van der Waals surface area contributed by atoms with Gasteiger partial charge in [0.2, 0.25) is 0 Å². The maximum absolute atomic E-state index is 5.51. The number of hydrogen-bond donors (Lipinski definition) is 2. The van der Waals surface area contributed by atoms with E-state index in [4.69, 9.17) is 21.7 Å². The Morgan fingerprint density at radius 2 is 2.20 bits per heavy atom. The minimum Gasteiger partial charge on any atom is -0.493 e. The normalized spacial score (nSPS) is 12.2. The first-order valence-electron chi connectivity index (χ1n) is 6.47. The van der Waals surface area contributed by atoms with Gasteiger partial charge in [0.1, 0.15) is 5.75 Å². The first-order chi connectivity index (χ1) is 9.67. The average Bonchev–Trinajstić information content (AvgIpc) is 2.41. The standard InChI is InChI=1S/C14H21N3O2S/c1-4-19-13-8-6-5-7-12(13)9-15-17-14(20)16-11(2)10-18-3/h5-9,11H,4,10H2,1-3H3,(H2,16,17,20)/b15-9-/t11-/m0/s1. The number of hydrazone groups is 1. The highest BCUT2D eigenvalue weighted by Gasteiger charge is 2.02. The summed E-state index contributed by atoms with van der Waals surface area (Å²) in [7, 11) is 1.65. The number of para-hydroxylation sites is 1. The molecule has 0 saturated heterocycles. The molecule has 0 radical (unpaired) electrons. The van der Waals surface area contributed by atoms with Crippen molar-refractivity contribution in [2.45, 2.75) is 19.9 Å². The van der Waals surface area contributed by atoms with Crippen LogP contribution in [0.3, 0.4) is 0 Å². The van der Waals surface area contributed by atoms with Crippen molar-refractivity contribution in [3.8, 4) is 5.75 Å². The van der Waals surface area contributed by atoms with Gasteiger partial charge in [0.25, 0.3) is 0 Å². The fraction of sp³-hybridized carbons (Fsp3) is 0.429. The van der Waals surface area contributed by atoms with E-state index in [1.54, 1.807) is 13.3 Å². The molecule has 1 rings (SSSR count). The summed E-state index contributed by atoms with van der Waals surface area (Å²) in [4.78, 5) is 0. The molecule has 110 valence electrons. The minimum absolute atomic E-state index is 0.130. The van der Waals surface area contributed by atoms with Gasteiger partial charge in [-0.25, -0.2) is 0 Å². The van der Waals surface area contributed by atoms with Crippen LogP contribution in [0.25, 0.3) is 0 Å². The minimum atomic E-state index is 0.130. The third kappa shape index (κ3) is 5.99. The Kier molecular flexibility index (Phi) is 7.60. The number of methoxy groups -OCH3 is 1. The van der Waals surface area contributed by atoms with Crippen LogP contribution in [-0.4, -0.2) is 37.7 Å². The third-order valence-corrected chi connectivity index (χ3v) is 2.59. The number of nitrogens with zero attached hydrogens (tertiary/aromatic N) is 1. The van der Waals surface area contributed by atoms with E-state index in [1.807, 2.05) is 38.1 Å². The molecule has 0 spiro atoms. The number of nitrogens with one attached hydrogen (secondary N) is 2. The van der Waals surface area contributed by atoms with E-state index in [9.17, 15) is 0 Å². The number of ether oxygens (including phenoxy) is 2. The molecule has 0 saturated carbocycles. The summed E-state index contributed by atoms with van der Waals surface area (Å²) < 4.78 is 10.5. The molecule has 0 amide bonds. The smallest absolute Gasteiger partial charge is 0.187 e. The van der Waals surface area contributed by atoms with E-state index >= 15 is 0 Å². The lowest BCUT2D eigenvalue weighted by Gasteiger charge is -2.13. The molecule has 6 heteroatoms. The average molecular weight is 295 g/mol. The first-order valence-corrected chi connectivity index (χ1v) is 6.88. The highest BCUT2D eigenvalue weighted by atomic mass is 32.1. The molecule has 20 heavy (non-hydrogen) atoms. The molecule has 0 bridgehead atoms. The topological polar surface area (TPSA) is 54.9 Å². The summed E-state index contributed by atoms with van der Waals surface area (Å²) in [6.07, 6.45) is 1.68. The molecule has 1 aromatic rings. The van der Waals surface area contributed by atoms with Crippen molar-refractivity contribution in [2.75, 3.05) is 20.3 Å². The van der Waals surface area contributed by atoms with Gasteiger partial charge in [-0.3, -0.25) is 5.43 Å². The van der Waals surface area contributed by atoms with E-state index in [-0.39, 0.29) is 6.04 Å². The van der Waals surface area contributed by atoms with Gasteiger partial charge in [0.15, 0.2) is 5.11 Å². The second-order valence-corrected chi connectivity index (χ2v) is 4.58. The van der Waals surface area contributed by atoms with Crippen LogP contribution in [0.5, 0.6) is 5.75 Å². The van der Waals surface area contributed by atoms with Gasteiger partial charge >= 0.3 is 0 Å². The largest absolute Gasteiger partial charge is 0.493 e. The van der Waals surface area contributed by atoms with Crippen LogP contribution in [0.2, 0.25) is 0 Å². The van der Waals surface area contributed by atoms with Crippen molar-refractivity contribution in [3.63, 3.8) is 0 Å². The monoisotopic (exact) mass is 295 g/mol. The molecule has 5 nitrogen and oxygen atoms in total. The predicted molar refractivity (Wildman–Crippen MR) is 85.4 cm³/mol. The predicted octanol–water partition coefficient (Wildman–Crippen LogP) is 1.92. The molecule has 0 unspecified atom stereocenters. The second kappa shape index (κ2) is 9.28. The van der Waals surface area contributed by atoms with Crippen molar-refractivity contribution in [1.29, 1.82) is 0 Å². The van der Waals surface area contributed by atoms with Gasteiger partial charge in [-0.05, 0) is 38.2 Å². The second-order valence-electron chi connectivity index (χ2n) is 4.17. The molecule has 0 aliphatic heterocycles. The van der Waals surface area contributed by atoms with E-state index in [2.05, 4.69) is 15.8 Å². The van der Waals surface area contributed by atoms with Gasteiger partial charge in [-0.1, -0.05) is 12.1 Å². The van der Waals surface area contributed by atoms with Gasteiger partial charge in [-0.2, -0.15) is 5.10 Å². The zero-order valence-corrected chi connectivity index (χ0v) is 12.9. The first kappa shape index (κ1) is 16.4. The Labute approximate surface area is 125 Å². The van der Waals surface area contributed by atoms with Gasteiger partial charge < -0.3 is 14.8 Å². The van der Waals surface area contributed by atoms with Crippen molar-refractivity contribution in [1.82, 2.24) is 10.7 Å². The molecule has 0 aromatic heterocycles. The van der Waals surface area contributed by atoms with Crippen LogP contribution in [0.1, 0.15) is 19.4 Å². The number of thiocarbonyl (C=S) groups is 1. The molecule has 0 aliphatic carbocycles. The molecule has 1 atom stereocenters. The van der Waals surface area contributed by atoms with Crippen LogP contribution in [0, 0.1) is 0 Å². The van der Waals surface area contributed by atoms with E-state index < -0.39 is 0 Å². The molecular formula is C14H21N3O2S. The van der Waals surface area contributed by atoms with Crippen LogP contribution < -0.4 is 15.5 Å².